The molecule has 0 spiro atoms. The number of fused-ring (bicyclic) bond motifs is 1. The van der Waals surface area contributed by atoms with Gasteiger partial charge in [-0.05, 0) is 12.1 Å². The number of benzene rings is 2. The van der Waals surface area contributed by atoms with Crippen LogP contribution in [0.25, 0.3) is 10.9 Å². The summed E-state index contributed by atoms with van der Waals surface area (Å²) >= 11 is 0. The van der Waals surface area contributed by atoms with E-state index in [2.05, 4.69) is 9.97 Å². The van der Waals surface area contributed by atoms with Gasteiger partial charge in [0.1, 0.15) is 11.3 Å². The molecule has 8 heteroatoms. The molecule has 3 rings (SSSR count). The summed E-state index contributed by atoms with van der Waals surface area (Å²) in [5.74, 6) is -9.32. The highest BCUT2D eigenvalue weighted by Gasteiger charge is 2.25. The molecule has 0 saturated carbocycles. The number of rotatable bonds is 2. The third-order valence-electron chi connectivity index (χ3n) is 2.80. The SMILES string of the molecule is Fc1c(F)c(F)c2c(F)nc(Oc3ccccc3)nc2c1F. The average molecular weight is 312 g/mol. The lowest BCUT2D eigenvalue weighted by atomic mass is 10.2. The fourth-order valence-corrected chi connectivity index (χ4v) is 1.81. The molecule has 0 aliphatic carbocycles. The van der Waals surface area contributed by atoms with Crippen LogP contribution in [0.15, 0.2) is 30.3 Å². The summed E-state index contributed by atoms with van der Waals surface area (Å²) in [5, 5.41) is -1.18. The average Bonchev–Trinajstić information content (AvgIpc) is 2.51. The summed E-state index contributed by atoms with van der Waals surface area (Å²) in [6.07, 6.45) is 0. The van der Waals surface area contributed by atoms with Crippen LogP contribution in [-0.2, 0) is 0 Å². The molecule has 0 aliphatic rings. The maximum absolute atomic E-state index is 13.8. The molecule has 0 aliphatic heterocycles. The molecule has 0 amide bonds. The van der Waals surface area contributed by atoms with Crippen molar-refractivity contribution in [3.05, 3.63) is 59.5 Å². The standard InChI is InChI=1S/C14H5F5N2O/c15-8-7-12(11(18)10(17)9(8)16)20-14(21-13(7)19)22-6-4-2-1-3-5-6/h1-5H. The van der Waals surface area contributed by atoms with E-state index in [0.29, 0.717) is 0 Å². The zero-order valence-electron chi connectivity index (χ0n) is 10.6. The Bertz CT molecular complexity index is 870. The first kappa shape index (κ1) is 14.2. The molecule has 1 aromatic heterocycles. The van der Waals surface area contributed by atoms with Gasteiger partial charge in [0.05, 0.1) is 5.39 Å². The molecule has 0 radical (unpaired) electrons. The van der Waals surface area contributed by atoms with Crippen molar-refractivity contribution >= 4 is 10.9 Å². The van der Waals surface area contributed by atoms with Crippen molar-refractivity contribution in [3.63, 3.8) is 0 Å². The molecule has 1 heterocycles. The fourth-order valence-electron chi connectivity index (χ4n) is 1.81. The highest BCUT2D eigenvalue weighted by atomic mass is 19.2. The Morgan fingerprint density at radius 3 is 2.05 bits per heavy atom. The molecule has 0 unspecified atom stereocenters. The highest BCUT2D eigenvalue weighted by Crippen LogP contribution is 2.29. The van der Waals surface area contributed by atoms with E-state index in [1.165, 1.54) is 12.1 Å². The maximum atomic E-state index is 13.8. The van der Waals surface area contributed by atoms with Gasteiger partial charge in [0.15, 0.2) is 23.3 Å². The second-order valence-corrected chi connectivity index (χ2v) is 4.19. The van der Waals surface area contributed by atoms with E-state index in [4.69, 9.17) is 4.74 Å². The Morgan fingerprint density at radius 2 is 1.36 bits per heavy atom. The van der Waals surface area contributed by atoms with Gasteiger partial charge in [0, 0.05) is 0 Å². The topological polar surface area (TPSA) is 35.0 Å². The van der Waals surface area contributed by atoms with Gasteiger partial charge in [-0.25, -0.2) is 17.6 Å². The van der Waals surface area contributed by atoms with Gasteiger partial charge in [-0.15, -0.1) is 0 Å². The van der Waals surface area contributed by atoms with Crippen LogP contribution in [-0.4, -0.2) is 9.97 Å². The van der Waals surface area contributed by atoms with Gasteiger partial charge in [0.2, 0.25) is 5.95 Å². The molecule has 112 valence electrons. The van der Waals surface area contributed by atoms with Gasteiger partial charge < -0.3 is 4.74 Å². The van der Waals surface area contributed by atoms with Crippen molar-refractivity contribution in [2.45, 2.75) is 0 Å². The summed E-state index contributed by atoms with van der Waals surface area (Å²) in [6.45, 7) is 0. The summed E-state index contributed by atoms with van der Waals surface area (Å²) < 4.78 is 72.3. The smallest absolute Gasteiger partial charge is 0.325 e. The lowest BCUT2D eigenvalue weighted by molar-refractivity contribution is 0.405. The van der Waals surface area contributed by atoms with Crippen LogP contribution < -0.4 is 4.74 Å². The summed E-state index contributed by atoms with van der Waals surface area (Å²) in [4.78, 5) is 6.57. The van der Waals surface area contributed by atoms with Crippen molar-refractivity contribution in [2.24, 2.45) is 0 Å². The largest absolute Gasteiger partial charge is 0.424 e. The van der Waals surface area contributed by atoms with E-state index >= 15 is 0 Å². The third kappa shape index (κ3) is 2.22. The first-order valence-corrected chi connectivity index (χ1v) is 5.91. The quantitative estimate of drug-likeness (QED) is 0.309. The lowest BCUT2D eigenvalue weighted by Crippen LogP contribution is -2.04. The van der Waals surface area contributed by atoms with Crippen LogP contribution in [0.5, 0.6) is 11.8 Å². The van der Waals surface area contributed by atoms with Gasteiger partial charge in [0.25, 0.3) is 0 Å². The van der Waals surface area contributed by atoms with E-state index in [9.17, 15) is 22.0 Å². The monoisotopic (exact) mass is 312 g/mol. The molecule has 0 N–H and O–H groups in total. The zero-order chi connectivity index (χ0) is 15.9. The van der Waals surface area contributed by atoms with Crippen molar-refractivity contribution in [1.82, 2.24) is 9.97 Å². The minimum absolute atomic E-state index is 0.199. The molecular formula is C14H5F5N2O. The summed E-state index contributed by atoms with van der Waals surface area (Å²) in [6, 6.07) is 7.17. The number of hydrogen-bond acceptors (Lipinski definition) is 3. The van der Waals surface area contributed by atoms with Crippen molar-refractivity contribution in [2.75, 3.05) is 0 Å². The summed E-state index contributed by atoms with van der Waals surface area (Å²) in [5.41, 5.74) is -1.05. The second-order valence-electron chi connectivity index (χ2n) is 4.19. The Morgan fingerprint density at radius 1 is 0.727 bits per heavy atom. The number of para-hydroxylation sites is 1. The Balaban J connectivity index is 2.20. The van der Waals surface area contributed by atoms with E-state index in [0.717, 1.165) is 0 Å². The molecule has 0 fully saturated rings. The van der Waals surface area contributed by atoms with E-state index in [1.54, 1.807) is 18.2 Å². The van der Waals surface area contributed by atoms with Gasteiger partial charge in [-0.2, -0.15) is 14.4 Å². The fraction of sp³-hybridized carbons (Fsp3) is 0. The minimum Gasteiger partial charge on any atom is -0.424 e. The van der Waals surface area contributed by atoms with Gasteiger partial charge in [-0.3, -0.25) is 0 Å². The van der Waals surface area contributed by atoms with Gasteiger partial charge >= 0.3 is 6.01 Å². The van der Waals surface area contributed by atoms with Crippen LogP contribution in [0.2, 0.25) is 0 Å². The predicted molar refractivity (Wildman–Crippen MR) is 65.8 cm³/mol. The Kier molecular flexibility index (Phi) is 3.36. The lowest BCUT2D eigenvalue weighted by Gasteiger charge is -2.07. The third-order valence-corrected chi connectivity index (χ3v) is 2.80. The van der Waals surface area contributed by atoms with Crippen LogP contribution in [0.3, 0.4) is 0 Å². The zero-order valence-corrected chi connectivity index (χ0v) is 10.6. The van der Waals surface area contributed by atoms with E-state index in [-0.39, 0.29) is 5.75 Å². The molecule has 3 aromatic rings. The Hall–Kier alpha value is -2.77. The van der Waals surface area contributed by atoms with E-state index in [1.807, 2.05) is 0 Å². The normalized spacial score (nSPS) is 11.0. The van der Waals surface area contributed by atoms with Crippen molar-refractivity contribution < 1.29 is 26.7 Å². The molecular weight excluding hydrogens is 307 g/mol. The number of ether oxygens (including phenoxy) is 1. The molecule has 0 bridgehead atoms. The minimum atomic E-state index is -2.13. The molecule has 2 aromatic carbocycles. The van der Waals surface area contributed by atoms with Crippen LogP contribution in [0.4, 0.5) is 22.0 Å². The van der Waals surface area contributed by atoms with Crippen LogP contribution in [0, 0.1) is 29.2 Å². The molecule has 0 atom stereocenters. The van der Waals surface area contributed by atoms with Crippen LogP contribution in [0.1, 0.15) is 0 Å². The van der Waals surface area contributed by atoms with E-state index < -0.39 is 46.1 Å². The number of halogens is 5. The first-order chi connectivity index (χ1) is 10.5. The maximum Gasteiger partial charge on any atom is 0.325 e. The van der Waals surface area contributed by atoms with Crippen LogP contribution >= 0.6 is 0 Å². The van der Waals surface area contributed by atoms with Crippen molar-refractivity contribution in [1.29, 1.82) is 0 Å². The molecule has 22 heavy (non-hydrogen) atoms. The number of nitrogens with zero attached hydrogens (tertiary/aromatic N) is 2. The number of hydrogen-bond donors (Lipinski definition) is 0. The number of aromatic nitrogens is 2. The second kappa shape index (κ2) is 5.21. The predicted octanol–water partition coefficient (Wildman–Crippen LogP) is 4.12. The highest BCUT2D eigenvalue weighted by molar-refractivity contribution is 5.80. The summed E-state index contributed by atoms with van der Waals surface area (Å²) in [7, 11) is 0. The first-order valence-electron chi connectivity index (χ1n) is 5.91. The van der Waals surface area contributed by atoms with Gasteiger partial charge in [-0.1, -0.05) is 18.2 Å². The molecule has 0 saturated heterocycles. The Labute approximate surface area is 120 Å². The molecule has 3 nitrogen and oxygen atoms in total. The van der Waals surface area contributed by atoms with Crippen molar-refractivity contribution in [3.8, 4) is 11.8 Å².